The molecule has 0 saturated carbocycles. The van der Waals surface area contributed by atoms with E-state index in [0.717, 1.165) is 15.0 Å². The Morgan fingerprint density at radius 3 is 1.23 bits per heavy atom. The summed E-state index contributed by atoms with van der Waals surface area (Å²) in [7, 11) is 11.8. The first kappa shape index (κ1) is 29.1. The van der Waals surface area contributed by atoms with Crippen LogP contribution in [0.15, 0.2) is 12.7 Å². The Morgan fingerprint density at radius 1 is 1.00 bits per heavy atom. The molecule has 136 valence electrons. The summed E-state index contributed by atoms with van der Waals surface area (Å²) in [5.41, 5.74) is 0. The van der Waals surface area contributed by atoms with E-state index in [-0.39, 0.29) is 5.97 Å². The Bertz CT molecular complexity index is 348. The predicted octanol–water partition coefficient (Wildman–Crippen LogP) is 0.0423. The molecule has 0 aromatic heterocycles. The fraction of sp³-hybridized carbons (Fsp3) is 0.769. The molecule has 0 unspecified atom stereocenters. The standard InChI is InChI=1S/C5H8O2.2C4H12N.H2O4S/c1-3-5(6)7-4-2;3*1-5(2,3)4/h3H,1,4H2,2H3;2*1-4H3;(H2,1,2,3,4)/q;2*+1;/p-2. The molecule has 0 bridgehead atoms. The first-order valence-electron chi connectivity index (χ1n) is 6.35. The van der Waals surface area contributed by atoms with Gasteiger partial charge in [0.05, 0.1) is 63.0 Å². The van der Waals surface area contributed by atoms with Gasteiger partial charge < -0.3 is 22.8 Å². The van der Waals surface area contributed by atoms with Crippen LogP contribution in [0, 0.1) is 0 Å². The summed E-state index contributed by atoms with van der Waals surface area (Å²) in [6.07, 6.45) is 1.14. The van der Waals surface area contributed by atoms with Gasteiger partial charge in [0, 0.05) is 16.5 Å². The minimum Gasteiger partial charge on any atom is -0.759 e. The third kappa shape index (κ3) is 385. The van der Waals surface area contributed by atoms with Crippen molar-refractivity contribution >= 4 is 16.4 Å². The van der Waals surface area contributed by atoms with Crippen molar-refractivity contribution in [1.82, 2.24) is 0 Å². The molecular formula is C13H32N2O6S. The van der Waals surface area contributed by atoms with Crippen molar-refractivity contribution < 1.29 is 36.0 Å². The summed E-state index contributed by atoms with van der Waals surface area (Å²) in [6.45, 7) is 5.38. The van der Waals surface area contributed by atoms with Gasteiger partial charge in [0.25, 0.3) is 0 Å². The number of carbonyl (C=O) groups excluding carboxylic acids is 1. The van der Waals surface area contributed by atoms with Gasteiger partial charge in [-0.1, -0.05) is 6.58 Å². The predicted molar refractivity (Wildman–Crippen MR) is 85.2 cm³/mol. The average molecular weight is 344 g/mol. The highest BCUT2D eigenvalue weighted by Crippen LogP contribution is 1.75. The van der Waals surface area contributed by atoms with E-state index in [4.69, 9.17) is 17.5 Å². The van der Waals surface area contributed by atoms with E-state index in [1.807, 2.05) is 0 Å². The van der Waals surface area contributed by atoms with Crippen LogP contribution in [-0.2, 0) is 19.9 Å². The first-order valence-corrected chi connectivity index (χ1v) is 7.68. The zero-order valence-corrected chi connectivity index (χ0v) is 16.1. The number of quaternary nitrogens is 2. The molecule has 0 N–H and O–H groups in total. The van der Waals surface area contributed by atoms with Gasteiger partial charge in [-0.25, -0.2) is 4.79 Å². The van der Waals surface area contributed by atoms with Crippen LogP contribution in [0.2, 0.25) is 0 Å². The van der Waals surface area contributed by atoms with Gasteiger partial charge in [-0.2, -0.15) is 0 Å². The minimum absolute atomic E-state index is 0.359. The number of hydrogen-bond donors (Lipinski definition) is 0. The second-order valence-electron chi connectivity index (χ2n) is 6.73. The first-order chi connectivity index (χ1) is 9.31. The average Bonchev–Trinajstić information content (AvgIpc) is 2.09. The van der Waals surface area contributed by atoms with Crippen molar-refractivity contribution in [2.24, 2.45) is 0 Å². The van der Waals surface area contributed by atoms with E-state index in [2.05, 4.69) is 67.7 Å². The summed E-state index contributed by atoms with van der Waals surface area (Å²) < 4.78 is 40.5. The van der Waals surface area contributed by atoms with Gasteiger partial charge in [-0.05, 0) is 6.92 Å². The van der Waals surface area contributed by atoms with Gasteiger partial charge in [-0.15, -0.1) is 0 Å². The fourth-order valence-electron chi connectivity index (χ4n) is 0.201. The molecule has 9 heteroatoms. The minimum atomic E-state index is -5.17. The van der Waals surface area contributed by atoms with Crippen LogP contribution in [0.4, 0.5) is 0 Å². The van der Waals surface area contributed by atoms with Gasteiger partial charge in [0.2, 0.25) is 0 Å². The molecule has 0 aromatic carbocycles. The molecule has 0 atom stereocenters. The highest BCUT2D eigenvalue weighted by molar-refractivity contribution is 7.79. The Labute approximate surface area is 135 Å². The normalized spacial score (nSPS) is 10.5. The summed E-state index contributed by atoms with van der Waals surface area (Å²) in [5.74, 6) is -0.359. The second kappa shape index (κ2) is 13.6. The number of esters is 1. The molecule has 0 spiro atoms. The third-order valence-corrected chi connectivity index (χ3v) is 0.453. The molecule has 0 aliphatic rings. The number of carbonyl (C=O) groups is 1. The highest BCUT2D eigenvalue weighted by atomic mass is 32.3. The van der Waals surface area contributed by atoms with E-state index < -0.39 is 10.4 Å². The maximum Gasteiger partial charge on any atom is 0.330 e. The SMILES string of the molecule is C=CC(=O)OCC.C[N+](C)(C)C.C[N+](C)(C)C.O=S(=O)([O-])[O-]. The molecule has 0 fully saturated rings. The summed E-state index contributed by atoms with van der Waals surface area (Å²) in [5, 5.41) is 0. The highest BCUT2D eigenvalue weighted by Gasteiger charge is 1.89. The lowest BCUT2D eigenvalue weighted by Crippen LogP contribution is -2.27. The zero-order chi connectivity index (χ0) is 19.2. The van der Waals surface area contributed by atoms with Crippen LogP contribution in [0.1, 0.15) is 6.92 Å². The summed E-state index contributed by atoms with van der Waals surface area (Å²) in [4.78, 5) is 10.1. The van der Waals surface area contributed by atoms with Gasteiger partial charge in [-0.3, -0.25) is 8.42 Å². The molecule has 22 heavy (non-hydrogen) atoms. The Balaban J connectivity index is -0.0000000995. The molecule has 8 nitrogen and oxygen atoms in total. The molecule has 0 aromatic rings. The van der Waals surface area contributed by atoms with Crippen LogP contribution in [0.5, 0.6) is 0 Å². The summed E-state index contributed by atoms with van der Waals surface area (Å²) >= 11 is 0. The molecule has 0 amide bonds. The van der Waals surface area contributed by atoms with Gasteiger partial charge in [0.1, 0.15) is 0 Å². The maximum atomic E-state index is 10.1. The largest absolute Gasteiger partial charge is 0.759 e. The quantitative estimate of drug-likeness (QED) is 0.230. The summed E-state index contributed by atoms with van der Waals surface area (Å²) in [6, 6.07) is 0. The molecule has 0 rings (SSSR count). The van der Waals surface area contributed by atoms with Crippen LogP contribution in [-0.4, -0.2) is 95.4 Å². The van der Waals surface area contributed by atoms with Crippen molar-refractivity contribution in [3.63, 3.8) is 0 Å². The van der Waals surface area contributed by atoms with Gasteiger partial charge in [0.15, 0.2) is 0 Å². The van der Waals surface area contributed by atoms with E-state index in [1.54, 1.807) is 6.92 Å². The van der Waals surface area contributed by atoms with E-state index >= 15 is 0 Å². The number of nitrogens with zero attached hydrogens (tertiary/aromatic N) is 2. The van der Waals surface area contributed by atoms with Crippen molar-refractivity contribution in [2.75, 3.05) is 63.0 Å². The Kier molecular flexibility index (Phi) is 18.0. The maximum absolute atomic E-state index is 10.1. The van der Waals surface area contributed by atoms with Crippen LogP contribution >= 0.6 is 0 Å². The lowest BCUT2D eigenvalue weighted by atomic mass is 10.6. The lowest BCUT2D eigenvalue weighted by molar-refractivity contribution is -0.849. The Hall–Kier alpha value is -1.00. The van der Waals surface area contributed by atoms with Crippen LogP contribution in [0.3, 0.4) is 0 Å². The van der Waals surface area contributed by atoms with Crippen molar-refractivity contribution in [3.8, 4) is 0 Å². The van der Waals surface area contributed by atoms with E-state index in [1.165, 1.54) is 0 Å². The van der Waals surface area contributed by atoms with Crippen LogP contribution in [0.25, 0.3) is 0 Å². The molecular weight excluding hydrogens is 312 g/mol. The number of ether oxygens (including phenoxy) is 1. The number of rotatable bonds is 2. The third-order valence-electron chi connectivity index (χ3n) is 0.453. The molecule has 0 saturated heterocycles. The number of hydrogen-bond acceptors (Lipinski definition) is 6. The fourth-order valence-corrected chi connectivity index (χ4v) is 0.201. The topological polar surface area (TPSA) is 107 Å². The molecule has 0 aliphatic carbocycles. The zero-order valence-electron chi connectivity index (χ0n) is 15.2. The monoisotopic (exact) mass is 344 g/mol. The molecule has 0 heterocycles. The Morgan fingerprint density at radius 2 is 1.18 bits per heavy atom. The molecule has 0 aliphatic heterocycles. The molecule has 0 radical (unpaired) electrons. The van der Waals surface area contributed by atoms with E-state index in [9.17, 15) is 4.79 Å². The second-order valence-corrected chi connectivity index (χ2v) is 7.55. The van der Waals surface area contributed by atoms with E-state index in [0.29, 0.717) is 6.61 Å². The van der Waals surface area contributed by atoms with Crippen molar-refractivity contribution in [2.45, 2.75) is 6.92 Å². The van der Waals surface area contributed by atoms with Crippen molar-refractivity contribution in [1.29, 1.82) is 0 Å². The lowest BCUT2D eigenvalue weighted by Gasteiger charge is -2.14. The van der Waals surface area contributed by atoms with Crippen LogP contribution < -0.4 is 0 Å². The van der Waals surface area contributed by atoms with Gasteiger partial charge >= 0.3 is 5.97 Å². The van der Waals surface area contributed by atoms with Crippen molar-refractivity contribution in [3.05, 3.63) is 12.7 Å². The smallest absolute Gasteiger partial charge is 0.330 e.